The summed E-state index contributed by atoms with van der Waals surface area (Å²) in [7, 11) is 0. The molecule has 2 heteroatoms. The van der Waals surface area contributed by atoms with Gasteiger partial charge in [0.1, 0.15) is 5.75 Å². The number of hydrogen-bond acceptors (Lipinski definition) is 1. The van der Waals surface area contributed by atoms with Crippen molar-refractivity contribution in [2.75, 3.05) is 11.9 Å². The van der Waals surface area contributed by atoms with Crippen molar-refractivity contribution in [3.63, 3.8) is 0 Å². The van der Waals surface area contributed by atoms with Crippen LogP contribution >= 0.6 is 15.9 Å². The van der Waals surface area contributed by atoms with E-state index in [0.29, 0.717) is 0 Å². The van der Waals surface area contributed by atoms with Crippen LogP contribution in [0.1, 0.15) is 50.7 Å². The smallest absolute Gasteiger partial charge is 0.125 e. The normalized spacial score (nSPS) is 11.6. The molecule has 0 amide bonds. The van der Waals surface area contributed by atoms with Crippen molar-refractivity contribution in [1.29, 1.82) is 0 Å². The molecule has 0 saturated carbocycles. The van der Waals surface area contributed by atoms with Crippen LogP contribution in [0.3, 0.4) is 0 Å². The summed E-state index contributed by atoms with van der Waals surface area (Å²) in [5.74, 6) is 1.07. The first-order valence-electron chi connectivity index (χ1n) is 7.33. The molecule has 0 radical (unpaired) electrons. The van der Waals surface area contributed by atoms with Gasteiger partial charge in [0.05, 0.1) is 6.61 Å². The molecule has 0 aliphatic rings. The van der Waals surface area contributed by atoms with Crippen molar-refractivity contribution in [2.24, 2.45) is 5.41 Å². The van der Waals surface area contributed by atoms with Crippen LogP contribution in [0.2, 0.25) is 0 Å². The van der Waals surface area contributed by atoms with Crippen molar-refractivity contribution in [3.05, 3.63) is 29.3 Å². The summed E-state index contributed by atoms with van der Waals surface area (Å²) in [4.78, 5) is 0. The van der Waals surface area contributed by atoms with Gasteiger partial charge in [-0.2, -0.15) is 0 Å². The second-order valence-corrected chi connectivity index (χ2v) is 6.20. The van der Waals surface area contributed by atoms with Crippen molar-refractivity contribution in [3.8, 4) is 5.75 Å². The van der Waals surface area contributed by atoms with E-state index in [9.17, 15) is 0 Å². The summed E-state index contributed by atoms with van der Waals surface area (Å²) in [5.41, 5.74) is 2.74. The third-order valence-corrected chi connectivity index (χ3v) is 4.97. The zero-order chi connectivity index (χ0) is 14.3. The Kier molecular flexibility index (Phi) is 6.92. The summed E-state index contributed by atoms with van der Waals surface area (Å²) in [5, 5.41) is 1.02. The molecule has 1 nitrogen and oxygen atoms in total. The van der Waals surface area contributed by atoms with Gasteiger partial charge in [-0.3, -0.25) is 0 Å². The van der Waals surface area contributed by atoms with Crippen LogP contribution in [-0.2, 0) is 0 Å². The number of hydrogen-bond donors (Lipinski definition) is 0. The highest BCUT2D eigenvalue weighted by molar-refractivity contribution is 9.09. The molecule has 0 aliphatic heterocycles. The Morgan fingerprint density at radius 2 is 1.58 bits per heavy atom. The summed E-state index contributed by atoms with van der Waals surface area (Å²) in [6.45, 7) is 9.57. The Morgan fingerprint density at radius 1 is 1.05 bits per heavy atom. The molecular weight excluding hydrogens is 300 g/mol. The minimum atomic E-state index is 0.276. The Hall–Kier alpha value is -0.500. The zero-order valence-corrected chi connectivity index (χ0v) is 14.3. The fraction of sp³-hybridized carbons (Fsp3) is 0.647. The maximum atomic E-state index is 6.20. The average molecular weight is 327 g/mol. The van der Waals surface area contributed by atoms with E-state index in [1.807, 2.05) is 0 Å². The van der Waals surface area contributed by atoms with E-state index in [1.54, 1.807) is 0 Å². The Morgan fingerprint density at radius 3 is 2.00 bits per heavy atom. The highest BCUT2D eigenvalue weighted by Crippen LogP contribution is 2.34. The molecule has 0 aromatic heterocycles. The van der Waals surface area contributed by atoms with Gasteiger partial charge in [0.25, 0.3) is 0 Å². The van der Waals surface area contributed by atoms with Gasteiger partial charge in [-0.1, -0.05) is 60.8 Å². The monoisotopic (exact) mass is 326 g/mol. The highest BCUT2D eigenvalue weighted by atomic mass is 79.9. The zero-order valence-electron chi connectivity index (χ0n) is 12.8. The summed E-state index contributed by atoms with van der Waals surface area (Å²) < 4.78 is 6.20. The number of aryl methyl sites for hydroxylation is 2. The molecule has 0 saturated heterocycles. The third kappa shape index (κ3) is 4.52. The van der Waals surface area contributed by atoms with Gasteiger partial charge >= 0.3 is 0 Å². The largest absolute Gasteiger partial charge is 0.492 e. The predicted molar refractivity (Wildman–Crippen MR) is 87.5 cm³/mol. The standard InChI is InChI=1S/C17H27BrO/c1-5-10-17(12-18,11-6-2)13-19-16-14(3)8-7-9-15(16)4/h7-9H,5-6,10-13H2,1-4H3. The van der Waals surface area contributed by atoms with E-state index >= 15 is 0 Å². The summed E-state index contributed by atoms with van der Waals surface area (Å²) in [6, 6.07) is 6.34. The number of alkyl halides is 1. The van der Waals surface area contributed by atoms with Crippen molar-refractivity contribution < 1.29 is 4.74 Å². The van der Waals surface area contributed by atoms with Crippen LogP contribution in [0.4, 0.5) is 0 Å². The minimum absolute atomic E-state index is 0.276. The van der Waals surface area contributed by atoms with E-state index < -0.39 is 0 Å². The molecule has 1 rings (SSSR count). The van der Waals surface area contributed by atoms with Crippen molar-refractivity contribution in [1.82, 2.24) is 0 Å². The topological polar surface area (TPSA) is 9.23 Å². The highest BCUT2D eigenvalue weighted by Gasteiger charge is 2.28. The lowest BCUT2D eigenvalue weighted by molar-refractivity contribution is 0.143. The number of benzene rings is 1. The lowest BCUT2D eigenvalue weighted by Crippen LogP contribution is -2.30. The van der Waals surface area contributed by atoms with E-state index in [0.717, 1.165) is 17.7 Å². The molecule has 0 N–H and O–H groups in total. The Balaban J connectivity index is 2.80. The van der Waals surface area contributed by atoms with Crippen LogP contribution in [0.5, 0.6) is 5.75 Å². The fourth-order valence-electron chi connectivity index (χ4n) is 2.75. The first-order chi connectivity index (χ1) is 9.08. The second-order valence-electron chi connectivity index (χ2n) is 5.64. The SMILES string of the molecule is CCCC(CBr)(CCC)COc1c(C)cccc1C. The van der Waals surface area contributed by atoms with Gasteiger partial charge in [-0.15, -0.1) is 0 Å². The van der Waals surface area contributed by atoms with Gasteiger partial charge < -0.3 is 4.74 Å². The van der Waals surface area contributed by atoms with Crippen LogP contribution in [0, 0.1) is 19.3 Å². The molecule has 0 atom stereocenters. The first kappa shape index (κ1) is 16.6. The van der Waals surface area contributed by atoms with Crippen LogP contribution < -0.4 is 4.74 Å². The van der Waals surface area contributed by atoms with Crippen molar-refractivity contribution >= 4 is 15.9 Å². The summed E-state index contributed by atoms with van der Waals surface area (Å²) >= 11 is 3.71. The molecule has 0 unspecified atom stereocenters. The minimum Gasteiger partial charge on any atom is -0.492 e. The number of para-hydroxylation sites is 1. The first-order valence-corrected chi connectivity index (χ1v) is 8.45. The third-order valence-electron chi connectivity index (χ3n) is 3.78. The number of halogens is 1. The second kappa shape index (κ2) is 7.94. The van der Waals surface area contributed by atoms with Gasteiger partial charge in [0, 0.05) is 10.7 Å². The quantitative estimate of drug-likeness (QED) is 0.560. The van der Waals surface area contributed by atoms with E-state index in [1.165, 1.54) is 36.8 Å². The van der Waals surface area contributed by atoms with E-state index in [4.69, 9.17) is 4.74 Å². The Labute approximate surface area is 126 Å². The summed E-state index contributed by atoms with van der Waals surface area (Å²) in [6.07, 6.45) is 4.86. The molecular formula is C17H27BrO. The maximum absolute atomic E-state index is 6.20. The predicted octanol–water partition coefficient (Wildman–Crippen LogP) is 5.66. The van der Waals surface area contributed by atoms with E-state index in [2.05, 4.69) is 61.8 Å². The molecule has 0 spiro atoms. The molecule has 1 aromatic carbocycles. The van der Waals surface area contributed by atoms with Gasteiger partial charge in [0.15, 0.2) is 0 Å². The van der Waals surface area contributed by atoms with Gasteiger partial charge in [-0.25, -0.2) is 0 Å². The average Bonchev–Trinajstić information content (AvgIpc) is 2.38. The lowest BCUT2D eigenvalue weighted by atomic mass is 9.82. The molecule has 0 bridgehead atoms. The molecule has 0 fully saturated rings. The van der Waals surface area contributed by atoms with E-state index in [-0.39, 0.29) is 5.41 Å². The lowest BCUT2D eigenvalue weighted by Gasteiger charge is -2.32. The van der Waals surface area contributed by atoms with Gasteiger partial charge in [0.2, 0.25) is 0 Å². The molecule has 0 heterocycles. The molecule has 108 valence electrons. The Bertz CT molecular complexity index is 361. The van der Waals surface area contributed by atoms with Crippen molar-refractivity contribution in [2.45, 2.75) is 53.4 Å². The number of ether oxygens (including phenoxy) is 1. The van der Waals surface area contributed by atoms with Crippen LogP contribution in [0.15, 0.2) is 18.2 Å². The molecule has 1 aromatic rings. The maximum Gasteiger partial charge on any atom is 0.125 e. The molecule has 0 aliphatic carbocycles. The van der Waals surface area contributed by atoms with Gasteiger partial charge in [-0.05, 0) is 37.8 Å². The number of rotatable bonds is 8. The van der Waals surface area contributed by atoms with Crippen LogP contribution in [-0.4, -0.2) is 11.9 Å². The van der Waals surface area contributed by atoms with Crippen LogP contribution in [0.25, 0.3) is 0 Å². The molecule has 19 heavy (non-hydrogen) atoms. The fourth-order valence-corrected chi connectivity index (χ4v) is 3.48.